The number of hydrogen-bond acceptors (Lipinski definition) is 5. The number of rotatable bonds is 4. The van der Waals surface area contributed by atoms with E-state index in [1.807, 2.05) is 13.8 Å². The summed E-state index contributed by atoms with van der Waals surface area (Å²) in [5.41, 5.74) is 2.88. The summed E-state index contributed by atoms with van der Waals surface area (Å²) >= 11 is 1.08. The highest BCUT2D eigenvalue weighted by Gasteiger charge is 2.17. The van der Waals surface area contributed by atoms with Gasteiger partial charge in [0, 0.05) is 5.39 Å². The van der Waals surface area contributed by atoms with Gasteiger partial charge in [0.15, 0.2) is 0 Å². The summed E-state index contributed by atoms with van der Waals surface area (Å²) in [6.07, 6.45) is 0. The predicted octanol–water partition coefficient (Wildman–Crippen LogP) is 2.75. The number of aryl methyl sites for hydroxylation is 2. The van der Waals surface area contributed by atoms with Gasteiger partial charge in [0.25, 0.3) is 0 Å². The Hall–Kier alpha value is -2.48. The largest absolute Gasteiger partial charge is 0.481 e. The van der Waals surface area contributed by atoms with E-state index in [9.17, 15) is 9.18 Å². The highest BCUT2D eigenvalue weighted by atomic mass is 32.2. The predicted molar refractivity (Wildman–Crippen MR) is 84.5 cm³/mol. The zero-order valence-electron chi connectivity index (χ0n) is 12.4. The molecule has 8 heteroatoms. The molecule has 0 unspecified atom stereocenters. The molecule has 0 amide bonds. The number of aromatic nitrogens is 4. The quantitative estimate of drug-likeness (QED) is 0.740. The topological polar surface area (TPSA) is 80.9 Å². The molecular formula is C15H13FN4O2S. The van der Waals surface area contributed by atoms with Crippen molar-refractivity contribution < 1.29 is 14.3 Å². The van der Waals surface area contributed by atoms with Crippen molar-refractivity contribution in [2.45, 2.75) is 18.9 Å². The van der Waals surface area contributed by atoms with Gasteiger partial charge in [-0.15, -0.1) is 5.10 Å². The van der Waals surface area contributed by atoms with Crippen molar-refractivity contribution >= 4 is 28.6 Å². The van der Waals surface area contributed by atoms with Crippen LogP contribution in [0.25, 0.3) is 16.6 Å². The summed E-state index contributed by atoms with van der Waals surface area (Å²) < 4.78 is 14.8. The molecule has 1 aromatic carbocycles. The Morgan fingerprint density at radius 1 is 1.26 bits per heavy atom. The average Bonchev–Trinajstić information content (AvgIpc) is 2.86. The summed E-state index contributed by atoms with van der Waals surface area (Å²) in [4.78, 5) is 10.8. The van der Waals surface area contributed by atoms with Gasteiger partial charge in [-0.05, 0) is 38.1 Å². The lowest BCUT2D eigenvalue weighted by molar-refractivity contribution is -0.133. The number of hydrogen-bond donors (Lipinski definition) is 1. The minimum atomic E-state index is -0.930. The van der Waals surface area contributed by atoms with E-state index in [0.29, 0.717) is 21.9 Å². The molecule has 2 aromatic heterocycles. The second kappa shape index (κ2) is 5.96. The molecule has 23 heavy (non-hydrogen) atoms. The molecule has 0 bridgehead atoms. The number of fused-ring (bicyclic) bond motifs is 1. The van der Waals surface area contributed by atoms with Crippen LogP contribution in [-0.2, 0) is 4.79 Å². The van der Waals surface area contributed by atoms with Crippen LogP contribution < -0.4 is 0 Å². The van der Waals surface area contributed by atoms with Crippen LogP contribution in [-0.4, -0.2) is 36.8 Å². The molecular weight excluding hydrogens is 319 g/mol. The van der Waals surface area contributed by atoms with Crippen molar-refractivity contribution in [3.63, 3.8) is 0 Å². The van der Waals surface area contributed by atoms with E-state index in [1.54, 1.807) is 16.8 Å². The molecule has 6 nitrogen and oxygen atoms in total. The lowest BCUT2D eigenvalue weighted by Gasteiger charge is -2.03. The number of aliphatic carboxylic acids is 1. The molecule has 3 rings (SSSR count). The van der Waals surface area contributed by atoms with Crippen LogP contribution in [0.15, 0.2) is 29.3 Å². The summed E-state index contributed by atoms with van der Waals surface area (Å²) in [5.74, 6) is -1.37. The van der Waals surface area contributed by atoms with Crippen LogP contribution in [0.1, 0.15) is 11.4 Å². The highest BCUT2D eigenvalue weighted by molar-refractivity contribution is 8.00. The monoisotopic (exact) mass is 332 g/mol. The van der Waals surface area contributed by atoms with E-state index in [-0.39, 0.29) is 11.6 Å². The fourth-order valence-corrected chi connectivity index (χ4v) is 3.00. The van der Waals surface area contributed by atoms with E-state index < -0.39 is 5.97 Å². The zero-order chi connectivity index (χ0) is 16.6. The molecule has 0 radical (unpaired) electrons. The number of carboxylic acid groups (broad SMARTS) is 1. The summed E-state index contributed by atoms with van der Waals surface area (Å²) in [5, 5.41) is 22.8. The Labute approximate surface area is 135 Å². The Bertz CT molecular complexity index is 893. The van der Waals surface area contributed by atoms with Gasteiger partial charge < -0.3 is 5.11 Å². The van der Waals surface area contributed by atoms with Gasteiger partial charge in [-0.2, -0.15) is 10.2 Å². The van der Waals surface area contributed by atoms with E-state index in [2.05, 4.69) is 15.3 Å². The van der Waals surface area contributed by atoms with Gasteiger partial charge in [-0.1, -0.05) is 11.8 Å². The first-order valence-electron chi connectivity index (χ1n) is 6.80. The van der Waals surface area contributed by atoms with E-state index in [0.717, 1.165) is 22.8 Å². The molecule has 0 saturated heterocycles. The van der Waals surface area contributed by atoms with Gasteiger partial charge >= 0.3 is 5.97 Å². The maximum absolute atomic E-state index is 13.1. The van der Waals surface area contributed by atoms with Crippen molar-refractivity contribution in [1.82, 2.24) is 20.0 Å². The number of halogens is 1. The molecule has 0 aliphatic carbocycles. The number of benzene rings is 1. The van der Waals surface area contributed by atoms with Gasteiger partial charge in [0.05, 0.1) is 22.8 Å². The molecule has 0 aliphatic rings. The van der Waals surface area contributed by atoms with Crippen LogP contribution >= 0.6 is 11.8 Å². The van der Waals surface area contributed by atoms with Gasteiger partial charge in [-0.25, -0.2) is 9.07 Å². The second-order valence-corrected chi connectivity index (χ2v) is 5.93. The van der Waals surface area contributed by atoms with Crippen molar-refractivity contribution in [2.24, 2.45) is 0 Å². The Balaban J connectivity index is 2.16. The standard InChI is InChI=1S/C15H13FN4O2S/c1-8-13-9(2)20(11-5-3-10(16)4-6-11)19-14(13)15(18-17-8)23-7-12(21)22/h3-6H,7H2,1-2H3,(H,21,22). The fraction of sp³-hybridized carbons (Fsp3) is 0.200. The highest BCUT2D eigenvalue weighted by Crippen LogP contribution is 2.29. The van der Waals surface area contributed by atoms with Crippen molar-refractivity contribution in [3.05, 3.63) is 41.5 Å². The lowest BCUT2D eigenvalue weighted by atomic mass is 10.2. The Morgan fingerprint density at radius 2 is 1.96 bits per heavy atom. The van der Waals surface area contributed by atoms with Crippen LogP contribution in [0.2, 0.25) is 0 Å². The number of carboxylic acids is 1. The molecule has 0 aliphatic heterocycles. The Kier molecular flexibility index (Phi) is 3.99. The second-order valence-electron chi connectivity index (χ2n) is 4.97. The van der Waals surface area contributed by atoms with Crippen LogP contribution in [0, 0.1) is 19.7 Å². The molecule has 0 fully saturated rings. The van der Waals surface area contributed by atoms with E-state index >= 15 is 0 Å². The molecule has 1 N–H and O–H groups in total. The summed E-state index contributed by atoms with van der Waals surface area (Å²) in [6, 6.07) is 6.00. The van der Waals surface area contributed by atoms with Crippen LogP contribution in [0.3, 0.4) is 0 Å². The maximum Gasteiger partial charge on any atom is 0.313 e. The lowest BCUT2D eigenvalue weighted by Crippen LogP contribution is -2.00. The third-order valence-electron chi connectivity index (χ3n) is 3.38. The average molecular weight is 332 g/mol. The SMILES string of the molecule is Cc1nnc(SCC(=O)O)c2nn(-c3ccc(F)cc3)c(C)c12. The fourth-order valence-electron chi connectivity index (χ4n) is 2.36. The van der Waals surface area contributed by atoms with E-state index in [1.165, 1.54) is 12.1 Å². The minimum absolute atomic E-state index is 0.116. The van der Waals surface area contributed by atoms with E-state index in [4.69, 9.17) is 5.11 Å². The van der Waals surface area contributed by atoms with Gasteiger partial charge in [-0.3, -0.25) is 4.79 Å². The normalized spacial score (nSPS) is 11.1. The van der Waals surface area contributed by atoms with Gasteiger partial charge in [0.1, 0.15) is 16.4 Å². The zero-order valence-corrected chi connectivity index (χ0v) is 13.3. The van der Waals surface area contributed by atoms with Crippen molar-refractivity contribution in [1.29, 1.82) is 0 Å². The number of nitrogens with zero attached hydrogens (tertiary/aromatic N) is 4. The number of carbonyl (C=O) groups is 1. The summed E-state index contributed by atoms with van der Waals surface area (Å²) in [6.45, 7) is 3.71. The summed E-state index contributed by atoms with van der Waals surface area (Å²) in [7, 11) is 0. The molecule has 2 heterocycles. The maximum atomic E-state index is 13.1. The van der Waals surface area contributed by atoms with Crippen molar-refractivity contribution in [3.8, 4) is 5.69 Å². The molecule has 3 aromatic rings. The van der Waals surface area contributed by atoms with Crippen LogP contribution in [0.5, 0.6) is 0 Å². The third-order valence-corrected chi connectivity index (χ3v) is 4.31. The molecule has 0 saturated carbocycles. The molecule has 0 atom stereocenters. The molecule has 118 valence electrons. The smallest absolute Gasteiger partial charge is 0.313 e. The van der Waals surface area contributed by atoms with Gasteiger partial charge in [0.2, 0.25) is 0 Å². The minimum Gasteiger partial charge on any atom is -0.481 e. The number of thioether (sulfide) groups is 1. The third kappa shape index (κ3) is 2.89. The first-order chi connectivity index (χ1) is 11.0. The first-order valence-corrected chi connectivity index (χ1v) is 7.79. The van der Waals surface area contributed by atoms with Crippen LogP contribution in [0.4, 0.5) is 4.39 Å². The molecule has 0 spiro atoms. The van der Waals surface area contributed by atoms with Crippen molar-refractivity contribution in [2.75, 3.05) is 5.75 Å². The first kappa shape index (κ1) is 15.4. The Morgan fingerprint density at radius 3 is 2.61 bits per heavy atom.